The first-order valence-electron chi connectivity index (χ1n) is 7.45. The molecule has 0 saturated heterocycles. The van der Waals surface area contributed by atoms with E-state index in [-0.39, 0.29) is 5.97 Å². The van der Waals surface area contributed by atoms with Crippen molar-refractivity contribution < 1.29 is 9.53 Å². The third-order valence-electron chi connectivity index (χ3n) is 3.33. The summed E-state index contributed by atoms with van der Waals surface area (Å²) >= 11 is 0. The normalized spacial score (nSPS) is 13.0. The molecule has 19 heavy (non-hydrogen) atoms. The Morgan fingerprint density at radius 2 is 1.58 bits per heavy atom. The first-order valence-corrected chi connectivity index (χ1v) is 7.45. The molecule has 0 spiro atoms. The number of carbonyl (C=O) groups is 1. The molecule has 0 radical (unpaired) electrons. The maximum absolute atomic E-state index is 11.5. The molecule has 5 nitrogen and oxygen atoms in total. The van der Waals surface area contributed by atoms with Gasteiger partial charge in [0.2, 0.25) is 0 Å². The SMILES string of the molecule is CCOC(=O)C(N)CN(CC)CCCN(CC)CC. The van der Waals surface area contributed by atoms with Gasteiger partial charge in [-0.15, -0.1) is 0 Å². The van der Waals surface area contributed by atoms with Crippen LogP contribution in [0.3, 0.4) is 0 Å². The minimum atomic E-state index is -0.534. The van der Waals surface area contributed by atoms with Crippen LogP contribution in [0.2, 0.25) is 0 Å². The highest BCUT2D eigenvalue weighted by atomic mass is 16.5. The largest absolute Gasteiger partial charge is 0.465 e. The molecule has 0 saturated carbocycles. The molecule has 0 aromatic heterocycles. The van der Waals surface area contributed by atoms with Crippen molar-refractivity contribution in [3.8, 4) is 0 Å². The molecule has 1 atom stereocenters. The van der Waals surface area contributed by atoms with E-state index in [1.54, 1.807) is 6.92 Å². The van der Waals surface area contributed by atoms with Gasteiger partial charge in [-0.3, -0.25) is 4.79 Å². The first-order chi connectivity index (χ1) is 9.08. The molecular formula is C14H31N3O2. The predicted molar refractivity (Wildman–Crippen MR) is 79.1 cm³/mol. The van der Waals surface area contributed by atoms with Crippen LogP contribution in [0.25, 0.3) is 0 Å². The maximum Gasteiger partial charge on any atom is 0.324 e. The van der Waals surface area contributed by atoms with Gasteiger partial charge in [0.05, 0.1) is 6.61 Å². The van der Waals surface area contributed by atoms with Gasteiger partial charge in [0, 0.05) is 6.54 Å². The van der Waals surface area contributed by atoms with E-state index < -0.39 is 6.04 Å². The summed E-state index contributed by atoms with van der Waals surface area (Å²) in [5, 5.41) is 0. The molecule has 0 bridgehead atoms. The third kappa shape index (κ3) is 8.18. The van der Waals surface area contributed by atoms with Gasteiger partial charge in [-0.25, -0.2) is 0 Å². The van der Waals surface area contributed by atoms with Crippen LogP contribution in [0, 0.1) is 0 Å². The fourth-order valence-corrected chi connectivity index (χ4v) is 2.04. The van der Waals surface area contributed by atoms with Gasteiger partial charge >= 0.3 is 5.97 Å². The molecular weight excluding hydrogens is 242 g/mol. The van der Waals surface area contributed by atoms with E-state index in [0.717, 1.165) is 39.1 Å². The van der Waals surface area contributed by atoms with E-state index in [1.807, 2.05) is 0 Å². The first kappa shape index (κ1) is 18.4. The van der Waals surface area contributed by atoms with Crippen LogP contribution in [0.4, 0.5) is 0 Å². The number of carbonyl (C=O) groups excluding carboxylic acids is 1. The van der Waals surface area contributed by atoms with Crippen LogP contribution >= 0.6 is 0 Å². The number of nitrogens with zero attached hydrogens (tertiary/aromatic N) is 2. The van der Waals surface area contributed by atoms with E-state index in [0.29, 0.717) is 13.2 Å². The van der Waals surface area contributed by atoms with Gasteiger partial charge < -0.3 is 20.3 Å². The van der Waals surface area contributed by atoms with Crippen molar-refractivity contribution >= 4 is 5.97 Å². The summed E-state index contributed by atoms with van der Waals surface area (Å²) in [4.78, 5) is 16.1. The van der Waals surface area contributed by atoms with Crippen LogP contribution in [0.15, 0.2) is 0 Å². The molecule has 0 aromatic rings. The lowest BCUT2D eigenvalue weighted by Gasteiger charge is -2.25. The average Bonchev–Trinajstić information content (AvgIpc) is 2.42. The molecule has 0 aliphatic heterocycles. The number of ether oxygens (including phenoxy) is 1. The standard InChI is InChI=1S/C14H31N3O2/c1-5-16(6-2)10-9-11-17(7-3)12-13(15)14(18)19-8-4/h13H,5-12,15H2,1-4H3. The predicted octanol–water partition coefficient (Wildman–Crippen LogP) is 0.931. The minimum Gasteiger partial charge on any atom is -0.465 e. The molecule has 5 heteroatoms. The molecule has 0 heterocycles. The van der Waals surface area contributed by atoms with Crippen molar-refractivity contribution in [2.45, 2.75) is 40.2 Å². The van der Waals surface area contributed by atoms with E-state index in [2.05, 4.69) is 30.6 Å². The Morgan fingerprint density at radius 3 is 2.05 bits per heavy atom. The molecule has 0 aliphatic rings. The quantitative estimate of drug-likeness (QED) is 0.568. The number of likely N-dealkylation sites (N-methyl/N-ethyl adjacent to an activating group) is 1. The third-order valence-corrected chi connectivity index (χ3v) is 3.33. The van der Waals surface area contributed by atoms with Crippen LogP contribution < -0.4 is 5.73 Å². The second kappa shape index (κ2) is 11.2. The lowest BCUT2D eigenvalue weighted by atomic mass is 10.2. The lowest BCUT2D eigenvalue weighted by molar-refractivity contribution is -0.145. The zero-order chi connectivity index (χ0) is 14.7. The lowest BCUT2D eigenvalue weighted by Crippen LogP contribution is -2.44. The highest BCUT2D eigenvalue weighted by molar-refractivity contribution is 5.75. The number of esters is 1. The number of hydrogen-bond acceptors (Lipinski definition) is 5. The van der Waals surface area contributed by atoms with E-state index >= 15 is 0 Å². The van der Waals surface area contributed by atoms with Crippen LogP contribution in [0.5, 0.6) is 0 Å². The van der Waals surface area contributed by atoms with Gasteiger partial charge in [-0.1, -0.05) is 20.8 Å². The molecule has 0 rings (SSSR count). The van der Waals surface area contributed by atoms with Crippen molar-refractivity contribution in [1.29, 1.82) is 0 Å². The molecule has 0 fully saturated rings. The van der Waals surface area contributed by atoms with Crippen LogP contribution in [-0.2, 0) is 9.53 Å². The van der Waals surface area contributed by atoms with Gasteiger partial charge in [-0.2, -0.15) is 0 Å². The number of rotatable bonds is 11. The average molecular weight is 273 g/mol. The Labute approximate surface area is 118 Å². The van der Waals surface area contributed by atoms with E-state index in [4.69, 9.17) is 10.5 Å². The Morgan fingerprint density at radius 1 is 1.05 bits per heavy atom. The van der Waals surface area contributed by atoms with E-state index in [1.165, 1.54) is 0 Å². The Balaban J connectivity index is 3.97. The second-order valence-corrected chi connectivity index (χ2v) is 4.63. The zero-order valence-corrected chi connectivity index (χ0v) is 13.0. The summed E-state index contributed by atoms with van der Waals surface area (Å²) in [7, 11) is 0. The smallest absolute Gasteiger partial charge is 0.324 e. The van der Waals surface area contributed by atoms with Crippen LogP contribution in [-0.4, -0.2) is 67.7 Å². The highest BCUT2D eigenvalue weighted by Crippen LogP contribution is 1.98. The van der Waals surface area contributed by atoms with Crippen LogP contribution in [0.1, 0.15) is 34.1 Å². The maximum atomic E-state index is 11.5. The summed E-state index contributed by atoms with van der Waals surface area (Å²) in [6, 6.07) is -0.534. The van der Waals surface area contributed by atoms with Gasteiger partial charge in [0.15, 0.2) is 0 Å². The van der Waals surface area contributed by atoms with Crippen molar-refractivity contribution in [2.24, 2.45) is 5.73 Å². The minimum absolute atomic E-state index is 0.301. The molecule has 2 N–H and O–H groups in total. The van der Waals surface area contributed by atoms with E-state index in [9.17, 15) is 4.79 Å². The summed E-state index contributed by atoms with van der Waals surface area (Å²) in [5.74, 6) is -0.301. The van der Waals surface area contributed by atoms with Gasteiger partial charge in [0.1, 0.15) is 6.04 Å². The summed E-state index contributed by atoms with van der Waals surface area (Å²) < 4.78 is 4.93. The van der Waals surface area contributed by atoms with Crippen molar-refractivity contribution in [1.82, 2.24) is 9.80 Å². The molecule has 0 amide bonds. The van der Waals surface area contributed by atoms with Gasteiger partial charge in [-0.05, 0) is 46.1 Å². The van der Waals surface area contributed by atoms with Gasteiger partial charge in [0.25, 0.3) is 0 Å². The van der Waals surface area contributed by atoms with Crippen molar-refractivity contribution in [2.75, 3.05) is 45.9 Å². The Hall–Kier alpha value is -0.650. The molecule has 1 unspecified atom stereocenters. The summed E-state index contributed by atoms with van der Waals surface area (Å²) in [6.07, 6.45) is 1.10. The monoisotopic (exact) mass is 273 g/mol. The zero-order valence-electron chi connectivity index (χ0n) is 13.0. The van der Waals surface area contributed by atoms with Crippen molar-refractivity contribution in [3.63, 3.8) is 0 Å². The number of hydrogen-bond donors (Lipinski definition) is 1. The Bertz CT molecular complexity index is 233. The van der Waals surface area contributed by atoms with Crippen molar-refractivity contribution in [3.05, 3.63) is 0 Å². The summed E-state index contributed by atoms with van der Waals surface area (Å²) in [6.45, 7) is 14.4. The summed E-state index contributed by atoms with van der Waals surface area (Å²) in [5.41, 5.74) is 5.84. The highest BCUT2D eigenvalue weighted by Gasteiger charge is 2.17. The Kier molecular flexibility index (Phi) is 10.8. The number of nitrogens with two attached hydrogens (primary N) is 1. The fourth-order valence-electron chi connectivity index (χ4n) is 2.04. The fraction of sp³-hybridized carbons (Fsp3) is 0.929. The molecule has 114 valence electrons. The molecule has 0 aliphatic carbocycles. The topological polar surface area (TPSA) is 58.8 Å². The second-order valence-electron chi connectivity index (χ2n) is 4.63. The molecule has 0 aromatic carbocycles.